The second-order valence-electron chi connectivity index (χ2n) is 2.07. The van der Waals surface area contributed by atoms with E-state index in [2.05, 4.69) is 6.92 Å². The number of ether oxygens (including phenoxy) is 1. The molecule has 0 aliphatic carbocycles. The Morgan fingerprint density at radius 3 is 2.80 bits per heavy atom. The minimum atomic E-state index is -0.0368. The number of carbonyl (C=O) groups excluding carboxylic acids is 1. The van der Waals surface area contributed by atoms with Gasteiger partial charge in [-0.1, -0.05) is 0 Å². The molecule has 0 aromatic heterocycles. The maximum atomic E-state index is 10.7. The van der Waals surface area contributed by atoms with E-state index in [0.717, 1.165) is 17.3 Å². The van der Waals surface area contributed by atoms with Gasteiger partial charge < -0.3 is 0 Å². The Hall–Kier alpha value is 0.269. The first-order valence-electron chi connectivity index (χ1n) is 3.61. The standard InChI is InChI=1S/C7H13O2.Sn/c1-3-5-6-9-7(8)4-2;/h2-6H2,1H3;/q;+3. The van der Waals surface area contributed by atoms with Gasteiger partial charge >= 0.3 is 75.3 Å². The van der Waals surface area contributed by atoms with Crippen molar-refractivity contribution in [2.24, 2.45) is 0 Å². The van der Waals surface area contributed by atoms with Crippen molar-refractivity contribution < 1.29 is 9.53 Å². The molecule has 0 aliphatic rings. The second kappa shape index (κ2) is 7.38. The molecule has 0 aliphatic heterocycles. The first kappa shape index (κ1) is 10.3. The van der Waals surface area contributed by atoms with E-state index in [-0.39, 0.29) is 5.97 Å². The molecule has 0 amide bonds. The average molecular weight is 248 g/mol. The van der Waals surface area contributed by atoms with Crippen molar-refractivity contribution in [2.45, 2.75) is 30.6 Å². The van der Waals surface area contributed by atoms with Crippen LogP contribution in [0.4, 0.5) is 0 Å². The van der Waals surface area contributed by atoms with E-state index in [1.165, 1.54) is 22.5 Å². The molecule has 0 fully saturated rings. The Balaban J connectivity index is 3.05. The fourth-order valence-electron chi connectivity index (χ4n) is 0.505. The van der Waals surface area contributed by atoms with Gasteiger partial charge in [-0.05, 0) is 0 Å². The molecular weight excluding hydrogens is 235 g/mol. The van der Waals surface area contributed by atoms with Gasteiger partial charge in [-0.3, -0.25) is 0 Å². The Labute approximate surface area is 75.4 Å². The summed E-state index contributed by atoms with van der Waals surface area (Å²) in [7, 11) is 0. The van der Waals surface area contributed by atoms with E-state index in [0.29, 0.717) is 13.0 Å². The summed E-state index contributed by atoms with van der Waals surface area (Å²) in [5, 5.41) is 0. The third-order valence-electron chi connectivity index (χ3n) is 1.09. The molecule has 0 radical (unpaired) electrons. The van der Waals surface area contributed by atoms with Crippen LogP contribution in [-0.2, 0) is 9.53 Å². The zero-order valence-corrected chi connectivity index (χ0v) is 9.21. The van der Waals surface area contributed by atoms with Gasteiger partial charge in [0.1, 0.15) is 0 Å². The quantitative estimate of drug-likeness (QED) is 0.416. The van der Waals surface area contributed by atoms with E-state index < -0.39 is 0 Å². The topological polar surface area (TPSA) is 26.3 Å². The molecule has 0 rings (SSSR count). The van der Waals surface area contributed by atoms with Crippen molar-refractivity contribution in [2.75, 3.05) is 6.61 Å². The molecule has 0 N–H and O–H groups in total. The number of carbonyl (C=O) groups is 1. The van der Waals surface area contributed by atoms with Crippen LogP contribution in [0.1, 0.15) is 26.2 Å². The molecule has 54 valence electrons. The number of hydrogen-bond acceptors (Lipinski definition) is 2. The predicted octanol–water partition coefficient (Wildman–Crippen LogP) is 1.31. The van der Waals surface area contributed by atoms with E-state index >= 15 is 0 Å². The number of unbranched alkanes of at least 4 members (excludes halogenated alkanes) is 1. The summed E-state index contributed by atoms with van der Waals surface area (Å²) in [5.74, 6) is -0.0368. The Bertz CT molecular complexity index is 93.6. The summed E-state index contributed by atoms with van der Waals surface area (Å²) in [6.45, 7) is 2.68. The first-order valence-corrected chi connectivity index (χ1v) is 5.63. The molecule has 0 spiro atoms. The van der Waals surface area contributed by atoms with E-state index in [1.807, 2.05) is 0 Å². The number of esters is 1. The van der Waals surface area contributed by atoms with Crippen molar-refractivity contribution >= 4 is 28.5 Å². The fraction of sp³-hybridized carbons (Fsp3) is 0.857. The Morgan fingerprint density at radius 1 is 1.60 bits per heavy atom. The maximum absolute atomic E-state index is 10.7. The molecule has 0 aromatic rings. The van der Waals surface area contributed by atoms with Crippen molar-refractivity contribution in [1.82, 2.24) is 0 Å². The Morgan fingerprint density at radius 2 is 2.30 bits per heavy atom. The van der Waals surface area contributed by atoms with Crippen molar-refractivity contribution in [3.05, 3.63) is 0 Å². The summed E-state index contributed by atoms with van der Waals surface area (Å²) in [4.78, 5) is 10.7. The summed E-state index contributed by atoms with van der Waals surface area (Å²) in [5.41, 5.74) is 0. The van der Waals surface area contributed by atoms with E-state index in [9.17, 15) is 4.79 Å². The summed E-state index contributed by atoms with van der Waals surface area (Å²) in [6, 6.07) is 0. The average Bonchev–Trinajstić information content (AvgIpc) is 1.89. The van der Waals surface area contributed by atoms with Gasteiger partial charge in [0.15, 0.2) is 0 Å². The van der Waals surface area contributed by atoms with Crippen LogP contribution in [0.15, 0.2) is 0 Å². The normalized spacial score (nSPS) is 9.50. The van der Waals surface area contributed by atoms with Crippen LogP contribution >= 0.6 is 0 Å². The second-order valence-corrected chi connectivity index (χ2v) is 3.50. The van der Waals surface area contributed by atoms with Gasteiger partial charge in [-0.2, -0.15) is 0 Å². The van der Waals surface area contributed by atoms with E-state index in [4.69, 9.17) is 4.74 Å². The summed E-state index contributed by atoms with van der Waals surface area (Å²) in [6.07, 6.45) is 2.68. The first-order chi connectivity index (χ1) is 4.81. The fourth-order valence-corrected chi connectivity index (χ4v) is 1.09. The van der Waals surface area contributed by atoms with Crippen LogP contribution in [0, 0.1) is 0 Å². The molecular formula is C7H13O2Sn+3. The van der Waals surface area contributed by atoms with Crippen molar-refractivity contribution in [3.8, 4) is 0 Å². The van der Waals surface area contributed by atoms with Gasteiger partial charge in [0.2, 0.25) is 0 Å². The number of hydrogen-bond donors (Lipinski definition) is 0. The third kappa shape index (κ3) is 6.39. The monoisotopic (exact) mass is 249 g/mol. The molecule has 10 heavy (non-hydrogen) atoms. The molecule has 2 nitrogen and oxygen atoms in total. The molecule has 3 heteroatoms. The molecule has 0 saturated heterocycles. The summed E-state index contributed by atoms with van der Waals surface area (Å²) < 4.78 is 5.87. The zero-order valence-electron chi connectivity index (χ0n) is 6.35. The van der Waals surface area contributed by atoms with Gasteiger partial charge in [-0.15, -0.1) is 0 Å². The van der Waals surface area contributed by atoms with Crippen molar-refractivity contribution in [3.63, 3.8) is 0 Å². The van der Waals surface area contributed by atoms with Crippen LogP contribution in [0.5, 0.6) is 0 Å². The van der Waals surface area contributed by atoms with E-state index in [1.54, 1.807) is 0 Å². The van der Waals surface area contributed by atoms with Crippen LogP contribution in [0.25, 0.3) is 0 Å². The van der Waals surface area contributed by atoms with Crippen LogP contribution in [0.3, 0.4) is 0 Å². The third-order valence-corrected chi connectivity index (χ3v) is 1.80. The molecule has 0 bridgehead atoms. The van der Waals surface area contributed by atoms with Gasteiger partial charge in [0.05, 0.1) is 0 Å². The number of rotatable bonds is 5. The van der Waals surface area contributed by atoms with Gasteiger partial charge in [0, 0.05) is 0 Å². The van der Waals surface area contributed by atoms with Crippen molar-refractivity contribution in [1.29, 1.82) is 0 Å². The predicted molar refractivity (Wildman–Crippen MR) is 41.0 cm³/mol. The SMILES string of the molecule is CCCCOC(=O)C[CH2][Sn+3]. The van der Waals surface area contributed by atoms with Crippen LogP contribution < -0.4 is 0 Å². The van der Waals surface area contributed by atoms with Crippen LogP contribution in [-0.4, -0.2) is 35.1 Å². The van der Waals surface area contributed by atoms with Gasteiger partial charge in [-0.25, -0.2) is 0 Å². The van der Waals surface area contributed by atoms with Gasteiger partial charge in [0.25, 0.3) is 0 Å². The molecule has 0 aromatic carbocycles. The molecule has 0 atom stereocenters. The molecule has 0 saturated carbocycles. The summed E-state index contributed by atoms with van der Waals surface area (Å²) >= 11 is 1.40. The Kier molecular flexibility index (Phi) is 7.57. The molecule has 0 heterocycles. The zero-order chi connectivity index (χ0) is 7.82. The minimum absolute atomic E-state index is 0.0368. The van der Waals surface area contributed by atoms with Crippen LogP contribution in [0.2, 0.25) is 4.44 Å². The molecule has 0 unspecified atom stereocenters.